The van der Waals surface area contributed by atoms with E-state index in [0.29, 0.717) is 16.2 Å². The van der Waals surface area contributed by atoms with Gasteiger partial charge in [-0.25, -0.2) is 0 Å². The lowest BCUT2D eigenvalue weighted by molar-refractivity contribution is -0.188. The standard InChI is InChI=1S/C14H26/c1-12(2,3)14(6)8-7-10-9-11(14)13(10,4)5/h10-11H,7-9H2,1-6H3/t10-,11+,14?/m0/s1. The molecule has 3 rings (SSSR count). The smallest absolute Gasteiger partial charge is 0.0244 e. The molecule has 3 saturated carbocycles. The van der Waals surface area contributed by atoms with Crippen LogP contribution in [0.25, 0.3) is 0 Å². The fourth-order valence-electron chi connectivity index (χ4n) is 4.13. The number of fused-ring (bicyclic) bond motifs is 2. The summed E-state index contributed by atoms with van der Waals surface area (Å²) in [5.74, 6) is 2.00. The van der Waals surface area contributed by atoms with Crippen LogP contribution >= 0.6 is 0 Å². The molecule has 3 aliphatic carbocycles. The lowest BCUT2D eigenvalue weighted by Gasteiger charge is -2.68. The van der Waals surface area contributed by atoms with Crippen LogP contribution in [0.2, 0.25) is 0 Å². The first-order valence-corrected chi connectivity index (χ1v) is 6.19. The van der Waals surface area contributed by atoms with Crippen LogP contribution in [0.4, 0.5) is 0 Å². The molecule has 82 valence electrons. The molecule has 14 heavy (non-hydrogen) atoms. The van der Waals surface area contributed by atoms with E-state index in [-0.39, 0.29) is 0 Å². The maximum Gasteiger partial charge on any atom is -0.0244 e. The molecule has 2 bridgehead atoms. The van der Waals surface area contributed by atoms with E-state index < -0.39 is 0 Å². The van der Waals surface area contributed by atoms with Gasteiger partial charge in [-0.3, -0.25) is 0 Å². The van der Waals surface area contributed by atoms with Crippen molar-refractivity contribution in [3.8, 4) is 0 Å². The zero-order valence-electron chi connectivity index (χ0n) is 10.8. The van der Waals surface area contributed by atoms with E-state index in [1.54, 1.807) is 0 Å². The number of hydrogen-bond donors (Lipinski definition) is 0. The largest absolute Gasteiger partial charge is 0.0596 e. The molecule has 3 aliphatic rings. The molecule has 0 heteroatoms. The lowest BCUT2D eigenvalue weighted by Crippen LogP contribution is -2.60. The first-order valence-electron chi connectivity index (χ1n) is 6.19. The van der Waals surface area contributed by atoms with Gasteiger partial charge in [-0.15, -0.1) is 0 Å². The van der Waals surface area contributed by atoms with Gasteiger partial charge in [0.2, 0.25) is 0 Å². The van der Waals surface area contributed by atoms with Gasteiger partial charge in [0.25, 0.3) is 0 Å². The summed E-state index contributed by atoms with van der Waals surface area (Å²) in [6, 6.07) is 0. The second-order valence-corrected chi connectivity index (χ2v) is 7.51. The highest BCUT2D eigenvalue weighted by molar-refractivity contribution is 5.10. The zero-order valence-corrected chi connectivity index (χ0v) is 10.8. The highest BCUT2D eigenvalue weighted by atomic mass is 14.7. The molecular weight excluding hydrogens is 168 g/mol. The minimum Gasteiger partial charge on any atom is -0.0596 e. The summed E-state index contributed by atoms with van der Waals surface area (Å²) in [6.07, 6.45) is 4.42. The normalized spacial score (nSPS) is 45.9. The van der Waals surface area contributed by atoms with E-state index in [1.807, 2.05) is 0 Å². The fraction of sp³-hybridized carbons (Fsp3) is 1.00. The molecule has 0 aromatic carbocycles. The van der Waals surface area contributed by atoms with Crippen LogP contribution in [0.5, 0.6) is 0 Å². The van der Waals surface area contributed by atoms with Gasteiger partial charge >= 0.3 is 0 Å². The summed E-state index contributed by atoms with van der Waals surface area (Å²) in [5, 5.41) is 0. The minimum absolute atomic E-state index is 0.473. The van der Waals surface area contributed by atoms with Gasteiger partial charge in [-0.2, -0.15) is 0 Å². The predicted molar refractivity (Wildman–Crippen MR) is 62.2 cm³/mol. The van der Waals surface area contributed by atoms with Crippen LogP contribution in [-0.2, 0) is 0 Å². The predicted octanol–water partition coefficient (Wildman–Crippen LogP) is 4.49. The highest BCUT2D eigenvalue weighted by Crippen LogP contribution is 2.70. The third kappa shape index (κ3) is 1.06. The first-order chi connectivity index (χ1) is 6.19. The molecule has 0 amide bonds. The van der Waals surface area contributed by atoms with E-state index >= 15 is 0 Å². The molecule has 0 heterocycles. The van der Waals surface area contributed by atoms with Crippen LogP contribution in [0.15, 0.2) is 0 Å². The Labute approximate surface area is 89.5 Å². The Morgan fingerprint density at radius 1 is 1.07 bits per heavy atom. The molecule has 0 saturated heterocycles. The molecule has 0 aromatic rings. The molecule has 0 nitrogen and oxygen atoms in total. The van der Waals surface area contributed by atoms with Crippen molar-refractivity contribution < 1.29 is 0 Å². The molecular formula is C14H26. The van der Waals surface area contributed by atoms with Gasteiger partial charge in [0.15, 0.2) is 0 Å². The van der Waals surface area contributed by atoms with E-state index in [2.05, 4.69) is 41.5 Å². The van der Waals surface area contributed by atoms with Crippen molar-refractivity contribution >= 4 is 0 Å². The highest BCUT2D eigenvalue weighted by Gasteiger charge is 2.61. The molecule has 3 fully saturated rings. The quantitative estimate of drug-likeness (QED) is 0.533. The Hall–Kier alpha value is 0. The average molecular weight is 194 g/mol. The Balaban J connectivity index is 2.30. The van der Waals surface area contributed by atoms with Crippen molar-refractivity contribution in [3.63, 3.8) is 0 Å². The van der Waals surface area contributed by atoms with Gasteiger partial charge in [0.1, 0.15) is 0 Å². The zero-order chi connectivity index (χ0) is 10.8. The van der Waals surface area contributed by atoms with Gasteiger partial charge in [-0.05, 0) is 47.3 Å². The molecule has 1 unspecified atom stereocenters. The maximum absolute atomic E-state index is 2.54. The summed E-state index contributed by atoms with van der Waals surface area (Å²) in [5.41, 5.74) is 1.67. The topological polar surface area (TPSA) is 0 Å². The molecule has 0 radical (unpaired) electrons. The summed E-state index contributed by atoms with van der Waals surface area (Å²) in [6.45, 7) is 14.8. The summed E-state index contributed by atoms with van der Waals surface area (Å²) in [7, 11) is 0. The molecule has 3 atom stereocenters. The summed E-state index contributed by atoms with van der Waals surface area (Å²) >= 11 is 0. The van der Waals surface area contributed by atoms with Gasteiger partial charge in [0, 0.05) is 0 Å². The summed E-state index contributed by atoms with van der Waals surface area (Å²) in [4.78, 5) is 0. The van der Waals surface area contributed by atoms with Gasteiger partial charge in [0.05, 0.1) is 0 Å². The second-order valence-electron chi connectivity index (χ2n) is 7.51. The SMILES string of the molecule is CC1(C)[C@H]2CCC(C)(C(C)(C)C)[C@@H]1C2. The second kappa shape index (κ2) is 2.57. The van der Waals surface area contributed by atoms with Crippen molar-refractivity contribution in [3.05, 3.63) is 0 Å². The minimum atomic E-state index is 0.473. The van der Waals surface area contributed by atoms with Gasteiger partial charge < -0.3 is 0 Å². The summed E-state index contributed by atoms with van der Waals surface area (Å²) < 4.78 is 0. The first kappa shape index (κ1) is 10.5. The maximum atomic E-state index is 2.54. The van der Waals surface area contributed by atoms with Crippen molar-refractivity contribution in [1.29, 1.82) is 0 Å². The van der Waals surface area contributed by atoms with Crippen molar-refractivity contribution in [1.82, 2.24) is 0 Å². The number of rotatable bonds is 0. The Bertz CT molecular complexity index is 238. The van der Waals surface area contributed by atoms with Crippen LogP contribution in [0.1, 0.15) is 60.8 Å². The van der Waals surface area contributed by atoms with E-state index in [0.717, 1.165) is 11.8 Å². The third-order valence-corrected chi connectivity index (χ3v) is 5.97. The average Bonchev–Trinajstić information content (AvgIpc) is 2.01. The Kier molecular flexibility index (Phi) is 1.93. The Morgan fingerprint density at radius 2 is 1.64 bits per heavy atom. The fourth-order valence-corrected chi connectivity index (χ4v) is 4.13. The molecule has 0 aromatic heterocycles. The van der Waals surface area contributed by atoms with Crippen molar-refractivity contribution in [2.24, 2.45) is 28.1 Å². The monoisotopic (exact) mass is 194 g/mol. The van der Waals surface area contributed by atoms with Crippen molar-refractivity contribution in [2.75, 3.05) is 0 Å². The van der Waals surface area contributed by atoms with E-state index in [9.17, 15) is 0 Å². The van der Waals surface area contributed by atoms with Crippen LogP contribution in [0.3, 0.4) is 0 Å². The molecule has 0 spiro atoms. The third-order valence-electron chi connectivity index (χ3n) is 5.97. The van der Waals surface area contributed by atoms with Crippen LogP contribution in [0, 0.1) is 28.1 Å². The Morgan fingerprint density at radius 3 is 1.93 bits per heavy atom. The molecule has 0 aliphatic heterocycles. The van der Waals surface area contributed by atoms with Gasteiger partial charge in [-0.1, -0.05) is 41.5 Å². The number of hydrogen-bond acceptors (Lipinski definition) is 0. The van der Waals surface area contributed by atoms with Crippen LogP contribution < -0.4 is 0 Å². The lowest BCUT2D eigenvalue weighted by atomic mass is 9.37. The van der Waals surface area contributed by atoms with Crippen molar-refractivity contribution in [2.45, 2.75) is 60.8 Å². The molecule has 0 N–H and O–H groups in total. The van der Waals surface area contributed by atoms with E-state index in [1.165, 1.54) is 19.3 Å². The van der Waals surface area contributed by atoms with E-state index in [4.69, 9.17) is 0 Å². The van der Waals surface area contributed by atoms with Crippen LogP contribution in [-0.4, -0.2) is 0 Å².